The molecule has 0 spiro atoms. The van der Waals surface area contributed by atoms with Crippen molar-refractivity contribution in [1.82, 2.24) is 0 Å². The lowest BCUT2D eigenvalue weighted by Crippen LogP contribution is -2.04. The molecule has 0 N–H and O–H groups in total. The number of hydrogen-bond acceptors (Lipinski definition) is 2. The fourth-order valence-corrected chi connectivity index (χ4v) is 2.51. The molecule has 0 unspecified atom stereocenters. The van der Waals surface area contributed by atoms with E-state index in [1.807, 2.05) is 54.6 Å². The van der Waals surface area contributed by atoms with Crippen molar-refractivity contribution in [2.75, 3.05) is 0 Å². The van der Waals surface area contributed by atoms with Crippen molar-refractivity contribution in [3.63, 3.8) is 0 Å². The summed E-state index contributed by atoms with van der Waals surface area (Å²) < 4.78 is 0. The first-order chi connectivity index (χ1) is 10.6. The van der Waals surface area contributed by atoms with Crippen molar-refractivity contribution in [3.05, 3.63) is 83.4 Å². The van der Waals surface area contributed by atoms with Crippen LogP contribution in [-0.2, 0) is 6.42 Å². The molecule has 3 rings (SSSR count). The van der Waals surface area contributed by atoms with Crippen LogP contribution < -0.4 is 0 Å². The van der Waals surface area contributed by atoms with Crippen molar-refractivity contribution in [1.29, 1.82) is 0 Å². The molecule has 0 aliphatic rings. The average molecular weight is 288 g/mol. The van der Waals surface area contributed by atoms with Crippen molar-refractivity contribution in [2.45, 2.75) is 13.3 Å². The summed E-state index contributed by atoms with van der Waals surface area (Å²) in [7, 11) is 0. The summed E-state index contributed by atoms with van der Waals surface area (Å²) in [5, 5.41) is 2.20. The summed E-state index contributed by atoms with van der Waals surface area (Å²) in [5.41, 5.74) is 2.31. The first kappa shape index (κ1) is 14.2. The van der Waals surface area contributed by atoms with E-state index in [4.69, 9.17) is 0 Å². The Morgan fingerprint density at radius 2 is 1.41 bits per heavy atom. The molecule has 0 fully saturated rings. The molecule has 0 aromatic heterocycles. The quantitative estimate of drug-likeness (QED) is 0.664. The van der Waals surface area contributed by atoms with Gasteiger partial charge in [0.15, 0.2) is 11.6 Å². The number of ketones is 2. The van der Waals surface area contributed by atoms with Gasteiger partial charge in [-0.3, -0.25) is 9.59 Å². The van der Waals surface area contributed by atoms with Crippen LogP contribution in [0.4, 0.5) is 0 Å². The second kappa shape index (κ2) is 5.94. The monoisotopic (exact) mass is 288 g/mol. The van der Waals surface area contributed by atoms with E-state index in [0.29, 0.717) is 17.5 Å². The van der Waals surface area contributed by atoms with Gasteiger partial charge in [0.2, 0.25) is 0 Å². The number of hydrogen-bond donors (Lipinski definition) is 0. The van der Waals surface area contributed by atoms with Crippen molar-refractivity contribution >= 4 is 22.3 Å². The Morgan fingerprint density at radius 1 is 0.773 bits per heavy atom. The minimum absolute atomic E-state index is 0.0346. The number of carbonyl (C=O) groups excluding carboxylic acids is 2. The molecule has 108 valence electrons. The van der Waals surface area contributed by atoms with Gasteiger partial charge < -0.3 is 0 Å². The molecule has 0 saturated carbocycles. The second-order valence-electron chi connectivity index (χ2n) is 5.41. The highest BCUT2D eigenvalue weighted by molar-refractivity contribution is 6.01. The number of benzene rings is 3. The van der Waals surface area contributed by atoms with E-state index in [9.17, 15) is 9.59 Å². The molecule has 0 radical (unpaired) electrons. The van der Waals surface area contributed by atoms with Crippen LogP contribution in [0.5, 0.6) is 0 Å². The molecule has 3 aromatic carbocycles. The molecule has 0 amide bonds. The largest absolute Gasteiger partial charge is 0.295 e. The third kappa shape index (κ3) is 2.96. The first-order valence-electron chi connectivity index (χ1n) is 7.25. The maximum absolute atomic E-state index is 12.4. The third-order valence-electron chi connectivity index (χ3n) is 3.80. The fraction of sp³-hybridized carbons (Fsp3) is 0.100. The standard InChI is InChI=1S/C20H16O2/c1-14(21)16-8-6-15(7-9-16)12-20(22)19-11-10-17-4-2-3-5-18(17)13-19/h2-11,13H,12H2,1H3. The highest BCUT2D eigenvalue weighted by Gasteiger charge is 2.08. The van der Waals surface area contributed by atoms with Crippen LogP contribution >= 0.6 is 0 Å². The van der Waals surface area contributed by atoms with Crippen LogP contribution in [0.1, 0.15) is 33.2 Å². The van der Waals surface area contributed by atoms with Gasteiger partial charge in [-0.25, -0.2) is 0 Å². The lowest BCUT2D eigenvalue weighted by Gasteiger charge is -2.04. The molecule has 2 nitrogen and oxygen atoms in total. The summed E-state index contributed by atoms with van der Waals surface area (Å²) in [6.45, 7) is 1.54. The highest BCUT2D eigenvalue weighted by atomic mass is 16.1. The summed E-state index contributed by atoms with van der Waals surface area (Å²) in [4.78, 5) is 23.7. The molecule has 0 saturated heterocycles. The Bertz CT molecular complexity index is 845. The predicted molar refractivity (Wildman–Crippen MR) is 88.4 cm³/mol. The topological polar surface area (TPSA) is 34.1 Å². The minimum atomic E-state index is 0.0346. The fourth-order valence-electron chi connectivity index (χ4n) is 2.51. The van der Waals surface area contributed by atoms with Crippen LogP contribution in [0, 0.1) is 0 Å². The summed E-state index contributed by atoms with van der Waals surface area (Å²) in [6, 6.07) is 21.0. The van der Waals surface area contributed by atoms with Crippen LogP contribution in [0.15, 0.2) is 66.7 Å². The van der Waals surface area contributed by atoms with Crippen molar-refractivity contribution in [2.24, 2.45) is 0 Å². The summed E-state index contributed by atoms with van der Waals surface area (Å²) in [6.07, 6.45) is 0.344. The molecular formula is C20H16O2. The molecule has 3 aromatic rings. The van der Waals surface area contributed by atoms with Crippen LogP contribution in [0.25, 0.3) is 10.8 Å². The van der Waals surface area contributed by atoms with Gasteiger partial charge in [-0.05, 0) is 29.3 Å². The molecular weight excluding hydrogens is 272 g/mol. The van der Waals surface area contributed by atoms with Gasteiger partial charge in [0.1, 0.15) is 0 Å². The maximum atomic E-state index is 12.4. The zero-order valence-electron chi connectivity index (χ0n) is 12.4. The predicted octanol–water partition coefficient (Wildman–Crippen LogP) is 4.47. The maximum Gasteiger partial charge on any atom is 0.167 e. The number of rotatable bonds is 4. The van der Waals surface area contributed by atoms with Gasteiger partial charge in [0.25, 0.3) is 0 Å². The number of fused-ring (bicyclic) bond motifs is 1. The smallest absolute Gasteiger partial charge is 0.167 e. The Balaban J connectivity index is 1.81. The highest BCUT2D eigenvalue weighted by Crippen LogP contribution is 2.17. The minimum Gasteiger partial charge on any atom is -0.295 e. The molecule has 22 heavy (non-hydrogen) atoms. The molecule has 0 aliphatic heterocycles. The molecule has 0 aliphatic carbocycles. The average Bonchev–Trinajstić information content (AvgIpc) is 2.55. The van der Waals surface area contributed by atoms with Gasteiger partial charge in [0.05, 0.1) is 0 Å². The summed E-state index contributed by atoms with van der Waals surface area (Å²) in [5.74, 6) is 0.119. The van der Waals surface area contributed by atoms with Crippen molar-refractivity contribution in [3.8, 4) is 0 Å². The zero-order valence-corrected chi connectivity index (χ0v) is 12.4. The van der Waals surface area contributed by atoms with E-state index < -0.39 is 0 Å². The van der Waals surface area contributed by atoms with E-state index in [1.54, 1.807) is 12.1 Å². The van der Waals surface area contributed by atoms with Crippen LogP contribution in [-0.4, -0.2) is 11.6 Å². The van der Waals surface area contributed by atoms with Gasteiger partial charge in [-0.2, -0.15) is 0 Å². The molecule has 2 heteroatoms. The van der Waals surface area contributed by atoms with Gasteiger partial charge in [-0.15, -0.1) is 0 Å². The Labute approximate surface area is 129 Å². The van der Waals surface area contributed by atoms with E-state index in [2.05, 4.69) is 0 Å². The van der Waals surface area contributed by atoms with Crippen LogP contribution in [0.2, 0.25) is 0 Å². The Hall–Kier alpha value is -2.74. The van der Waals surface area contributed by atoms with E-state index in [0.717, 1.165) is 16.3 Å². The zero-order chi connectivity index (χ0) is 15.5. The lowest BCUT2D eigenvalue weighted by atomic mass is 9.99. The van der Waals surface area contributed by atoms with E-state index >= 15 is 0 Å². The van der Waals surface area contributed by atoms with E-state index in [1.165, 1.54) is 6.92 Å². The molecule has 0 atom stereocenters. The van der Waals surface area contributed by atoms with Crippen molar-refractivity contribution < 1.29 is 9.59 Å². The first-order valence-corrected chi connectivity index (χ1v) is 7.25. The van der Waals surface area contributed by atoms with E-state index in [-0.39, 0.29) is 11.6 Å². The van der Waals surface area contributed by atoms with Gasteiger partial charge in [0, 0.05) is 17.5 Å². The SMILES string of the molecule is CC(=O)c1ccc(CC(=O)c2ccc3ccccc3c2)cc1. The van der Waals surface area contributed by atoms with Gasteiger partial charge in [-0.1, -0.05) is 60.7 Å². The lowest BCUT2D eigenvalue weighted by molar-refractivity contribution is 0.0991. The Morgan fingerprint density at radius 3 is 2.09 bits per heavy atom. The number of carbonyl (C=O) groups is 2. The number of Topliss-reactive ketones (excluding diaryl/α,β-unsaturated/α-hetero) is 2. The third-order valence-corrected chi connectivity index (χ3v) is 3.80. The molecule has 0 heterocycles. The van der Waals surface area contributed by atoms with Gasteiger partial charge >= 0.3 is 0 Å². The summed E-state index contributed by atoms with van der Waals surface area (Å²) >= 11 is 0. The molecule has 0 bridgehead atoms. The van der Waals surface area contributed by atoms with Crippen LogP contribution in [0.3, 0.4) is 0 Å². The Kier molecular flexibility index (Phi) is 3.84. The second-order valence-corrected chi connectivity index (χ2v) is 5.41. The normalized spacial score (nSPS) is 10.6.